The molecule has 0 saturated carbocycles. The van der Waals surface area contributed by atoms with Crippen LogP contribution in [-0.4, -0.2) is 32.5 Å². The number of carbonyl (C=O) groups is 1. The topological polar surface area (TPSA) is 94.0 Å². The summed E-state index contributed by atoms with van der Waals surface area (Å²) in [5, 5.41) is 21.2. The van der Waals surface area contributed by atoms with Crippen LogP contribution in [-0.2, 0) is 0 Å². The van der Waals surface area contributed by atoms with Crippen molar-refractivity contribution in [2.45, 2.75) is 27.7 Å². The highest BCUT2D eigenvalue weighted by atomic mass is 16.5. The van der Waals surface area contributed by atoms with Gasteiger partial charge in [0.2, 0.25) is 0 Å². The summed E-state index contributed by atoms with van der Waals surface area (Å²) in [7, 11) is 0. The summed E-state index contributed by atoms with van der Waals surface area (Å²) < 4.78 is 7.55. The Morgan fingerprint density at radius 2 is 1.65 bits per heavy atom. The van der Waals surface area contributed by atoms with Crippen LogP contribution in [0.1, 0.15) is 34.2 Å². The molecule has 5 aromatic rings. The van der Waals surface area contributed by atoms with Gasteiger partial charge in [-0.05, 0) is 86.5 Å². The average molecular weight is 493 g/mol. The number of aryl methyl sites for hydroxylation is 1. The van der Waals surface area contributed by atoms with E-state index < -0.39 is 0 Å². The number of amides is 1. The van der Waals surface area contributed by atoms with Crippen molar-refractivity contribution in [1.82, 2.24) is 20.0 Å². The molecule has 1 amide bonds. The molecule has 0 aliphatic carbocycles. The van der Waals surface area contributed by atoms with Crippen molar-refractivity contribution in [2.75, 3.05) is 17.2 Å². The fraction of sp³-hybridized carbons (Fsp3) is 0.172. The molecule has 2 heterocycles. The second-order valence-electron chi connectivity index (χ2n) is 8.73. The van der Waals surface area contributed by atoms with E-state index in [-0.39, 0.29) is 5.91 Å². The van der Waals surface area contributed by atoms with E-state index in [2.05, 4.69) is 25.9 Å². The lowest BCUT2D eigenvalue weighted by atomic mass is 10.0. The predicted molar refractivity (Wildman–Crippen MR) is 146 cm³/mol. The van der Waals surface area contributed by atoms with Gasteiger partial charge in [0.15, 0.2) is 11.6 Å². The first-order valence-corrected chi connectivity index (χ1v) is 12.1. The molecule has 2 N–H and O–H groups in total. The lowest BCUT2D eigenvalue weighted by Crippen LogP contribution is -2.14. The predicted octanol–water partition coefficient (Wildman–Crippen LogP) is 6.14. The molecule has 0 atom stereocenters. The zero-order chi connectivity index (χ0) is 25.9. The molecular weight excluding hydrogens is 464 g/mol. The molecular formula is C29H28N6O2. The van der Waals surface area contributed by atoms with Gasteiger partial charge >= 0.3 is 0 Å². The summed E-state index contributed by atoms with van der Waals surface area (Å²) in [6.07, 6.45) is 0. The van der Waals surface area contributed by atoms with Gasteiger partial charge in [-0.1, -0.05) is 30.3 Å². The number of carbonyl (C=O) groups excluding carboxylic acids is 1. The fourth-order valence-corrected chi connectivity index (χ4v) is 4.19. The molecule has 0 radical (unpaired) electrons. The number of ether oxygens (including phenoxy) is 1. The van der Waals surface area contributed by atoms with Crippen LogP contribution in [0.15, 0.2) is 72.8 Å². The molecule has 2 aromatic heterocycles. The van der Waals surface area contributed by atoms with Crippen LogP contribution in [0.25, 0.3) is 16.6 Å². The molecule has 0 bridgehead atoms. The molecule has 0 spiro atoms. The maximum absolute atomic E-state index is 13.3. The molecule has 8 heteroatoms. The summed E-state index contributed by atoms with van der Waals surface area (Å²) in [5.74, 6) is 1.62. The van der Waals surface area contributed by atoms with Gasteiger partial charge in [-0.15, -0.1) is 10.2 Å². The van der Waals surface area contributed by atoms with Crippen molar-refractivity contribution in [3.8, 4) is 11.6 Å². The molecule has 0 saturated heterocycles. The number of nitrogens with one attached hydrogen (secondary N) is 2. The number of hydrogen-bond acceptors (Lipinski definition) is 6. The van der Waals surface area contributed by atoms with Crippen molar-refractivity contribution < 1.29 is 9.53 Å². The minimum absolute atomic E-state index is 0.221. The first-order valence-electron chi connectivity index (χ1n) is 12.1. The zero-order valence-electron chi connectivity index (χ0n) is 21.2. The van der Waals surface area contributed by atoms with E-state index in [1.54, 1.807) is 4.68 Å². The number of fused-ring (bicyclic) bond motifs is 1. The highest BCUT2D eigenvalue weighted by molar-refractivity contribution is 6.15. The Balaban J connectivity index is 1.30. The van der Waals surface area contributed by atoms with E-state index in [1.165, 1.54) is 0 Å². The standard InChI is InChI=1S/C29H28N6O2/c1-5-37-25-15-10-21-8-6-7-9-24(21)28(25)29(36)31-23-13-11-22(12-14-23)30-26-16-17-27(33-32-26)35-20(4)18(2)19(3)34-35/h6-17H,5H2,1-4H3,(H,30,32)(H,31,36). The van der Waals surface area contributed by atoms with E-state index in [0.29, 0.717) is 35.2 Å². The number of benzene rings is 3. The van der Waals surface area contributed by atoms with Crippen LogP contribution in [0.5, 0.6) is 5.75 Å². The number of nitrogens with zero attached hydrogens (tertiary/aromatic N) is 4. The third-order valence-corrected chi connectivity index (χ3v) is 6.35. The number of hydrogen-bond donors (Lipinski definition) is 2. The Hall–Kier alpha value is -4.72. The monoisotopic (exact) mass is 492 g/mol. The lowest BCUT2D eigenvalue weighted by molar-refractivity contribution is 0.102. The summed E-state index contributed by atoms with van der Waals surface area (Å²) in [6.45, 7) is 8.42. The van der Waals surface area contributed by atoms with E-state index in [9.17, 15) is 4.79 Å². The van der Waals surface area contributed by atoms with Crippen LogP contribution < -0.4 is 15.4 Å². The van der Waals surface area contributed by atoms with E-state index in [1.807, 2.05) is 100 Å². The zero-order valence-corrected chi connectivity index (χ0v) is 21.2. The Kier molecular flexibility index (Phi) is 6.55. The van der Waals surface area contributed by atoms with Crippen molar-refractivity contribution in [3.63, 3.8) is 0 Å². The van der Waals surface area contributed by atoms with Gasteiger partial charge < -0.3 is 15.4 Å². The number of aromatic nitrogens is 4. The van der Waals surface area contributed by atoms with Crippen molar-refractivity contribution in [3.05, 3.63) is 95.3 Å². The molecule has 5 rings (SSSR count). The highest BCUT2D eigenvalue weighted by Crippen LogP contribution is 2.29. The molecule has 0 aliphatic rings. The van der Waals surface area contributed by atoms with Gasteiger partial charge in [-0.2, -0.15) is 5.10 Å². The normalized spacial score (nSPS) is 10.9. The summed E-state index contributed by atoms with van der Waals surface area (Å²) in [6, 6.07) is 22.8. The van der Waals surface area contributed by atoms with Crippen molar-refractivity contribution in [1.29, 1.82) is 0 Å². The Morgan fingerprint density at radius 1 is 0.892 bits per heavy atom. The molecule has 0 aliphatic heterocycles. The maximum Gasteiger partial charge on any atom is 0.260 e. The maximum atomic E-state index is 13.3. The van der Waals surface area contributed by atoms with Crippen LogP contribution in [0.4, 0.5) is 17.2 Å². The number of rotatable bonds is 7. The lowest BCUT2D eigenvalue weighted by Gasteiger charge is -2.14. The van der Waals surface area contributed by atoms with Crippen LogP contribution >= 0.6 is 0 Å². The van der Waals surface area contributed by atoms with Gasteiger partial charge in [-0.3, -0.25) is 4.79 Å². The second-order valence-corrected chi connectivity index (χ2v) is 8.73. The Labute approximate surface area is 215 Å². The average Bonchev–Trinajstić information content (AvgIpc) is 3.17. The molecule has 0 fully saturated rings. The SMILES string of the molecule is CCOc1ccc2ccccc2c1C(=O)Nc1ccc(Nc2ccc(-n3nc(C)c(C)c3C)nn2)cc1. The van der Waals surface area contributed by atoms with E-state index >= 15 is 0 Å². The quantitative estimate of drug-likeness (QED) is 0.284. The first-order chi connectivity index (χ1) is 17.9. The van der Waals surface area contributed by atoms with Crippen molar-refractivity contribution >= 4 is 33.9 Å². The fourth-order valence-electron chi connectivity index (χ4n) is 4.19. The minimum atomic E-state index is -0.221. The van der Waals surface area contributed by atoms with E-state index in [0.717, 1.165) is 33.4 Å². The third kappa shape index (κ3) is 4.86. The van der Waals surface area contributed by atoms with Crippen molar-refractivity contribution in [2.24, 2.45) is 0 Å². The summed E-state index contributed by atoms with van der Waals surface area (Å²) >= 11 is 0. The van der Waals surface area contributed by atoms with Crippen LogP contribution in [0.3, 0.4) is 0 Å². The Bertz CT molecular complexity index is 1570. The van der Waals surface area contributed by atoms with Crippen LogP contribution in [0, 0.1) is 20.8 Å². The van der Waals surface area contributed by atoms with E-state index in [4.69, 9.17) is 4.74 Å². The summed E-state index contributed by atoms with van der Waals surface area (Å²) in [5.41, 5.74) is 5.18. The van der Waals surface area contributed by atoms with Gasteiger partial charge in [-0.25, -0.2) is 4.68 Å². The molecule has 186 valence electrons. The second kappa shape index (κ2) is 10.1. The van der Waals surface area contributed by atoms with Gasteiger partial charge in [0.05, 0.1) is 17.9 Å². The third-order valence-electron chi connectivity index (χ3n) is 6.35. The van der Waals surface area contributed by atoms with Crippen LogP contribution in [0.2, 0.25) is 0 Å². The van der Waals surface area contributed by atoms with Gasteiger partial charge in [0.25, 0.3) is 5.91 Å². The van der Waals surface area contributed by atoms with Gasteiger partial charge in [0, 0.05) is 17.1 Å². The summed E-state index contributed by atoms with van der Waals surface area (Å²) in [4.78, 5) is 13.3. The first kappa shape index (κ1) is 24.0. The number of anilines is 3. The van der Waals surface area contributed by atoms with Gasteiger partial charge in [0.1, 0.15) is 5.75 Å². The molecule has 3 aromatic carbocycles. The Morgan fingerprint density at radius 3 is 2.32 bits per heavy atom. The molecule has 37 heavy (non-hydrogen) atoms. The smallest absolute Gasteiger partial charge is 0.260 e. The highest BCUT2D eigenvalue weighted by Gasteiger charge is 2.17. The minimum Gasteiger partial charge on any atom is -0.493 e. The largest absolute Gasteiger partial charge is 0.493 e. The molecule has 0 unspecified atom stereocenters. The molecule has 8 nitrogen and oxygen atoms in total.